The van der Waals surface area contributed by atoms with Gasteiger partial charge in [0.05, 0.1) is 5.56 Å². The maximum atomic E-state index is 13.0. The molecule has 0 amide bonds. The molecule has 0 bridgehead atoms. The van der Waals surface area contributed by atoms with Crippen LogP contribution in [0, 0.1) is 0 Å². The second-order valence-corrected chi connectivity index (χ2v) is 10.3. The van der Waals surface area contributed by atoms with Crippen LogP contribution in [-0.4, -0.2) is 11.6 Å². The predicted octanol–water partition coefficient (Wildman–Crippen LogP) is 7.78. The number of benzene rings is 3. The van der Waals surface area contributed by atoms with Gasteiger partial charge in [-0.3, -0.25) is 0 Å². The van der Waals surface area contributed by atoms with Gasteiger partial charge in [-0.2, -0.15) is 0 Å². The Hall–Kier alpha value is -2.91. The van der Waals surface area contributed by atoms with Gasteiger partial charge < -0.3 is 4.74 Å². The topological polar surface area (TPSA) is 26.3 Å². The first-order valence-corrected chi connectivity index (χ1v) is 11.7. The minimum atomic E-state index is -0.557. The van der Waals surface area contributed by atoms with E-state index in [1.165, 1.54) is 25.7 Å². The predicted molar refractivity (Wildman–Crippen MR) is 127 cm³/mol. The normalized spacial score (nSPS) is 14.3. The standard InChI is InChI=1S/C27H25O2S/c1-27(2,20-11-3-4-12-20)29-26(28)19-10-9-13-21(18-19)30-24-16-7-5-14-22(24)23-15-6-8-17-25(23)30/h5-11,13-18H,3-4,12H2,1-2H3/q+1. The van der Waals surface area contributed by atoms with Crippen LogP contribution in [0.4, 0.5) is 0 Å². The molecule has 4 aromatic rings. The summed E-state index contributed by atoms with van der Waals surface area (Å²) >= 11 is 0. The first-order chi connectivity index (χ1) is 14.5. The maximum Gasteiger partial charge on any atom is 0.339 e. The van der Waals surface area contributed by atoms with E-state index >= 15 is 0 Å². The first-order valence-electron chi connectivity index (χ1n) is 10.5. The van der Waals surface area contributed by atoms with E-state index in [4.69, 9.17) is 4.74 Å². The molecule has 5 rings (SSSR count). The summed E-state index contributed by atoms with van der Waals surface area (Å²) in [5, 5.41) is 2.58. The zero-order valence-electron chi connectivity index (χ0n) is 17.4. The summed E-state index contributed by atoms with van der Waals surface area (Å²) in [6.07, 6.45) is 5.45. The van der Waals surface area contributed by atoms with Gasteiger partial charge in [0.1, 0.15) is 5.60 Å². The van der Waals surface area contributed by atoms with Crippen LogP contribution in [-0.2, 0) is 4.74 Å². The van der Waals surface area contributed by atoms with E-state index in [1.807, 2.05) is 32.0 Å². The molecule has 0 spiro atoms. The van der Waals surface area contributed by atoms with Crippen LogP contribution in [0.3, 0.4) is 0 Å². The highest BCUT2D eigenvalue weighted by Crippen LogP contribution is 2.48. The van der Waals surface area contributed by atoms with E-state index in [0.717, 1.165) is 24.2 Å². The Bertz CT molecular complexity index is 1240. The summed E-state index contributed by atoms with van der Waals surface area (Å²) in [7, 11) is -0.212. The molecule has 30 heavy (non-hydrogen) atoms. The van der Waals surface area contributed by atoms with E-state index in [1.54, 1.807) is 0 Å². The number of carbonyl (C=O) groups excluding carboxylic acids is 1. The number of hydrogen-bond acceptors (Lipinski definition) is 2. The van der Waals surface area contributed by atoms with Crippen molar-refractivity contribution in [2.75, 3.05) is 0 Å². The number of fused-ring (bicyclic) bond motifs is 3. The second kappa shape index (κ2) is 7.41. The summed E-state index contributed by atoms with van der Waals surface area (Å²) in [6.45, 7) is 3.99. The number of hydrogen-bond donors (Lipinski definition) is 0. The van der Waals surface area contributed by atoms with E-state index in [-0.39, 0.29) is 16.4 Å². The lowest BCUT2D eigenvalue weighted by molar-refractivity contribution is 0.0126. The van der Waals surface area contributed by atoms with Crippen molar-refractivity contribution in [3.63, 3.8) is 0 Å². The molecule has 1 aromatic heterocycles. The fourth-order valence-electron chi connectivity index (χ4n) is 4.43. The van der Waals surface area contributed by atoms with Gasteiger partial charge in [-0.25, -0.2) is 4.79 Å². The van der Waals surface area contributed by atoms with Crippen molar-refractivity contribution in [2.45, 2.75) is 38.7 Å². The molecule has 1 aliphatic rings. The summed E-state index contributed by atoms with van der Waals surface area (Å²) in [6, 6.07) is 25.2. The lowest BCUT2D eigenvalue weighted by atomic mass is 9.97. The molecule has 150 valence electrons. The zero-order chi connectivity index (χ0) is 20.7. The average Bonchev–Trinajstić information content (AvgIpc) is 3.41. The van der Waals surface area contributed by atoms with E-state index in [2.05, 4.69) is 60.7 Å². The number of thiophene rings is 1. The molecule has 1 aliphatic carbocycles. The van der Waals surface area contributed by atoms with Gasteiger partial charge >= 0.3 is 5.97 Å². The van der Waals surface area contributed by atoms with Crippen molar-refractivity contribution in [1.82, 2.24) is 0 Å². The van der Waals surface area contributed by atoms with Crippen LogP contribution < -0.4 is 0 Å². The SMILES string of the molecule is CC(C)(OC(=O)c1cccc(-[s+]2c3ccccc3c3ccccc32)c1)C1=CCCC1. The fourth-order valence-corrected chi connectivity index (χ4v) is 6.86. The van der Waals surface area contributed by atoms with E-state index in [0.29, 0.717) is 5.56 Å². The zero-order valence-corrected chi connectivity index (χ0v) is 18.2. The van der Waals surface area contributed by atoms with Crippen LogP contribution in [0.15, 0.2) is 84.4 Å². The summed E-state index contributed by atoms with van der Waals surface area (Å²) < 4.78 is 8.60. The van der Waals surface area contributed by atoms with Gasteiger partial charge in [-0.05, 0) is 75.1 Å². The highest BCUT2D eigenvalue weighted by Gasteiger charge is 2.30. The van der Waals surface area contributed by atoms with Crippen LogP contribution in [0.2, 0.25) is 0 Å². The van der Waals surface area contributed by atoms with Crippen molar-refractivity contribution in [3.8, 4) is 4.90 Å². The third-order valence-electron chi connectivity index (χ3n) is 5.97. The second-order valence-electron chi connectivity index (χ2n) is 8.35. The summed E-state index contributed by atoms with van der Waals surface area (Å²) in [5.41, 5.74) is 1.29. The van der Waals surface area contributed by atoms with Gasteiger partial charge in [0.25, 0.3) is 0 Å². The quantitative estimate of drug-likeness (QED) is 0.194. The van der Waals surface area contributed by atoms with Crippen molar-refractivity contribution >= 4 is 36.6 Å². The van der Waals surface area contributed by atoms with Gasteiger partial charge in [-0.1, -0.05) is 36.4 Å². The van der Waals surface area contributed by atoms with Crippen LogP contribution in [0.1, 0.15) is 43.5 Å². The lowest BCUT2D eigenvalue weighted by Crippen LogP contribution is -2.29. The third kappa shape index (κ3) is 3.23. The maximum absolute atomic E-state index is 13.0. The number of carbonyl (C=O) groups is 1. The number of esters is 1. The average molecular weight is 414 g/mol. The fraction of sp³-hybridized carbons (Fsp3) is 0.222. The molecule has 2 nitrogen and oxygen atoms in total. The Morgan fingerprint density at radius 2 is 1.57 bits per heavy atom. The van der Waals surface area contributed by atoms with Crippen LogP contribution in [0.25, 0.3) is 25.1 Å². The molecule has 3 aromatic carbocycles. The van der Waals surface area contributed by atoms with Gasteiger partial charge in [0, 0.05) is 27.3 Å². The Morgan fingerprint density at radius 1 is 0.900 bits per heavy atom. The minimum Gasteiger partial charge on any atom is -0.452 e. The molecular weight excluding hydrogens is 388 g/mol. The molecule has 1 heterocycles. The van der Waals surface area contributed by atoms with Crippen molar-refractivity contribution in [3.05, 3.63) is 90.0 Å². The number of ether oxygens (including phenoxy) is 1. The minimum absolute atomic E-state index is 0.212. The molecule has 0 saturated carbocycles. The highest BCUT2D eigenvalue weighted by molar-refractivity contribution is 7.50. The summed E-state index contributed by atoms with van der Waals surface area (Å²) in [4.78, 5) is 14.2. The number of rotatable bonds is 4. The monoisotopic (exact) mass is 413 g/mol. The molecule has 0 fully saturated rings. The Labute approximate surface area is 179 Å². The van der Waals surface area contributed by atoms with Crippen molar-refractivity contribution in [1.29, 1.82) is 0 Å². The Kier molecular flexibility index (Phi) is 4.71. The molecule has 0 N–H and O–H groups in total. The summed E-state index contributed by atoms with van der Waals surface area (Å²) in [5.74, 6) is -0.251. The van der Waals surface area contributed by atoms with Crippen molar-refractivity contribution in [2.24, 2.45) is 0 Å². The highest BCUT2D eigenvalue weighted by atomic mass is 32.2. The lowest BCUT2D eigenvalue weighted by Gasteiger charge is -2.26. The van der Waals surface area contributed by atoms with Crippen molar-refractivity contribution < 1.29 is 9.53 Å². The van der Waals surface area contributed by atoms with Gasteiger partial charge in [-0.15, -0.1) is 0 Å². The largest absolute Gasteiger partial charge is 0.452 e. The third-order valence-corrected chi connectivity index (χ3v) is 8.29. The van der Waals surface area contributed by atoms with Crippen LogP contribution in [0.5, 0.6) is 0 Å². The van der Waals surface area contributed by atoms with E-state index in [9.17, 15) is 4.79 Å². The van der Waals surface area contributed by atoms with Gasteiger partial charge in [0.15, 0.2) is 14.3 Å². The molecule has 0 aliphatic heterocycles. The molecule has 0 radical (unpaired) electrons. The van der Waals surface area contributed by atoms with Crippen LogP contribution >= 0.6 is 10.5 Å². The smallest absolute Gasteiger partial charge is 0.339 e. The molecule has 0 atom stereocenters. The Morgan fingerprint density at radius 3 is 2.20 bits per heavy atom. The first kappa shape index (κ1) is 19.1. The van der Waals surface area contributed by atoms with Gasteiger partial charge in [0.2, 0.25) is 0 Å². The number of allylic oxidation sites excluding steroid dienone is 1. The molecule has 0 unspecified atom stereocenters. The molecule has 3 heteroatoms. The van der Waals surface area contributed by atoms with E-state index < -0.39 is 5.60 Å². The molecular formula is C27H25O2S+. The molecule has 0 saturated heterocycles. The Balaban J connectivity index is 1.56.